The number of ether oxygens (including phenoxy) is 1. The molecule has 2 N–H and O–H groups in total. The normalized spacial score (nSPS) is 14.4. The minimum atomic E-state index is -1.37. The molecule has 3 aromatic rings. The van der Waals surface area contributed by atoms with E-state index in [2.05, 4.69) is 15.9 Å². The van der Waals surface area contributed by atoms with Crippen molar-refractivity contribution in [3.05, 3.63) is 92.5 Å². The number of aryl methyl sites for hydroxylation is 2. The Morgan fingerprint density at radius 1 is 0.857 bits per heavy atom. The van der Waals surface area contributed by atoms with Crippen LogP contribution in [0.4, 0.5) is 0 Å². The molecule has 1 aliphatic rings. The molecule has 0 atom stereocenters. The second-order valence-corrected chi connectivity index (χ2v) is 10.6. The van der Waals surface area contributed by atoms with Crippen molar-refractivity contribution >= 4 is 26.6 Å². The molecule has 6 heteroatoms. The number of phenols is 2. The molecule has 4 rings (SSSR count). The number of rotatable bonds is 5. The van der Waals surface area contributed by atoms with Crippen LogP contribution in [-0.2, 0) is 10.3 Å². The van der Waals surface area contributed by atoms with Crippen LogP contribution in [-0.4, -0.2) is 20.9 Å². The molecule has 0 amide bonds. The van der Waals surface area contributed by atoms with Crippen LogP contribution in [0.2, 0.25) is 0 Å². The lowest BCUT2D eigenvalue weighted by molar-refractivity contribution is 0.0244. The van der Waals surface area contributed by atoms with Gasteiger partial charge in [0.25, 0.3) is 0 Å². The number of hydrogen-bond acceptors (Lipinski definition) is 5. The highest BCUT2D eigenvalue weighted by Gasteiger charge is 2.52. The summed E-state index contributed by atoms with van der Waals surface area (Å²) in [4.78, 5) is 26.0. The second-order valence-electron chi connectivity index (χ2n) is 9.83. The van der Waals surface area contributed by atoms with Gasteiger partial charge in [0.2, 0.25) is 4.69 Å². The number of fused-ring (bicyclic) bond motifs is 1. The Labute approximate surface area is 213 Å². The van der Waals surface area contributed by atoms with Crippen LogP contribution in [0.5, 0.6) is 11.5 Å². The molecule has 1 heterocycles. The van der Waals surface area contributed by atoms with E-state index in [4.69, 9.17) is 4.74 Å². The van der Waals surface area contributed by atoms with Gasteiger partial charge in [0.05, 0.1) is 5.56 Å². The fourth-order valence-electron chi connectivity index (χ4n) is 5.01. The monoisotopic (exact) mass is 536 g/mol. The number of hydrogen-bond donors (Lipinski definition) is 2. The van der Waals surface area contributed by atoms with Gasteiger partial charge < -0.3 is 14.9 Å². The van der Waals surface area contributed by atoms with Crippen molar-refractivity contribution in [3.8, 4) is 11.5 Å². The summed E-state index contributed by atoms with van der Waals surface area (Å²) in [5, 5.41) is 21.1. The smallest absolute Gasteiger partial charge is 0.340 e. The summed E-state index contributed by atoms with van der Waals surface area (Å²) in [6.45, 7) is 11.7. The van der Waals surface area contributed by atoms with Crippen LogP contribution in [0.3, 0.4) is 0 Å². The van der Waals surface area contributed by atoms with Crippen LogP contribution in [0, 0.1) is 13.8 Å². The molecule has 5 nitrogen and oxygen atoms in total. The van der Waals surface area contributed by atoms with Gasteiger partial charge in [-0.25, -0.2) is 4.79 Å². The third kappa shape index (κ3) is 3.84. The predicted molar refractivity (Wildman–Crippen MR) is 139 cm³/mol. The molecule has 3 aromatic carbocycles. The van der Waals surface area contributed by atoms with Gasteiger partial charge in [0, 0.05) is 22.3 Å². The zero-order chi connectivity index (χ0) is 25.8. The standard InChI is InChI=1S/C29H29BrO5/c1-14(2)19-12-24(31)16(5)10-22(19)29(23-11-17(6)25(32)13-20(23)15(3)4)21-9-7-8-18(27(30)33)26(21)28(34)35-29/h7-15,31-32H,1-6H3. The largest absolute Gasteiger partial charge is 0.508 e. The van der Waals surface area contributed by atoms with Crippen molar-refractivity contribution in [3.63, 3.8) is 0 Å². The van der Waals surface area contributed by atoms with Crippen molar-refractivity contribution in [2.75, 3.05) is 0 Å². The number of carbonyl (C=O) groups excluding carboxylic acids is 2. The van der Waals surface area contributed by atoms with E-state index in [9.17, 15) is 19.8 Å². The van der Waals surface area contributed by atoms with Crippen LogP contribution >= 0.6 is 15.9 Å². The second kappa shape index (κ2) is 8.83. The van der Waals surface area contributed by atoms with Crippen LogP contribution in [0.25, 0.3) is 0 Å². The summed E-state index contributed by atoms with van der Waals surface area (Å²) >= 11 is 3.02. The van der Waals surface area contributed by atoms with E-state index in [-0.39, 0.29) is 34.5 Å². The first-order valence-electron chi connectivity index (χ1n) is 11.6. The van der Waals surface area contributed by atoms with E-state index in [0.29, 0.717) is 16.7 Å². The number of esters is 1. The quantitative estimate of drug-likeness (QED) is 0.272. The Morgan fingerprint density at radius 3 is 1.77 bits per heavy atom. The van der Waals surface area contributed by atoms with Gasteiger partial charge in [-0.05, 0) is 94.2 Å². The van der Waals surface area contributed by atoms with E-state index in [1.165, 1.54) is 0 Å². The molecular weight excluding hydrogens is 508 g/mol. The average Bonchev–Trinajstić information content (AvgIpc) is 3.09. The first-order valence-corrected chi connectivity index (χ1v) is 12.4. The topological polar surface area (TPSA) is 83.8 Å². The highest BCUT2D eigenvalue weighted by molar-refractivity contribution is 9.18. The Kier molecular flexibility index (Phi) is 6.30. The van der Waals surface area contributed by atoms with Gasteiger partial charge in [0.1, 0.15) is 11.5 Å². The number of phenolic OH excluding ortho intramolecular Hbond substituents is 2. The Bertz CT molecular complexity index is 1310. The van der Waals surface area contributed by atoms with Crippen molar-refractivity contribution in [1.82, 2.24) is 0 Å². The summed E-state index contributed by atoms with van der Waals surface area (Å²) < 4.78 is 5.97. The van der Waals surface area contributed by atoms with Crippen molar-refractivity contribution < 1.29 is 24.5 Å². The molecule has 0 fully saturated rings. The lowest BCUT2D eigenvalue weighted by atomic mass is 9.72. The number of cyclic esters (lactones) is 1. The minimum Gasteiger partial charge on any atom is -0.508 e. The van der Waals surface area contributed by atoms with Crippen molar-refractivity contribution in [2.45, 2.75) is 59.0 Å². The molecule has 0 radical (unpaired) electrons. The third-order valence-electron chi connectivity index (χ3n) is 6.84. The van der Waals surface area contributed by atoms with E-state index in [1.807, 2.05) is 45.9 Å². The maximum Gasteiger partial charge on any atom is 0.340 e. The maximum absolute atomic E-state index is 13.5. The number of halogens is 1. The van der Waals surface area contributed by atoms with Crippen LogP contribution < -0.4 is 0 Å². The molecule has 35 heavy (non-hydrogen) atoms. The van der Waals surface area contributed by atoms with E-state index >= 15 is 0 Å². The first kappa shape index (κ1) is 25.0. The van der Waals surface area contributed by atoms with Gasteiger partial charge in [-0.15, -0.1) is 0 Å². The number of benzene rings is 3. The van der Waals surface area contributed by atoms with E-state index < -0.39 is 16.3 Å². The number of carbonyl (C=O) groups is 2. The molecule has 0 aliphatic carbocycles. The highest BCUT2D eigenvalue weighted by atomic mass is 79.9. The fourth-order valence-corrected chi connectivity index (χ4v) is 5.34. The molecule has 0 bridgehead atoms. The van der Waals surface area contributed by atoms with Crippen molar-refractivity contribution in [2.24, 2.45) is 0 Å². The summed E-state index contributed by atoms with van der Waals surface area (Å²) in [5.74, 6) is -0.278. The molecule has 0 saturated carbocycles. The maximum atomic E-state index is 13.5. The van der Waals surface area contributed by atoms with Gasteiger partial charge in [-0.3, -0.25) is 4.79 Å². The molecule has 0 unspecified atom stereocenters. The first-order chi connectivity index (χ1) is 16.4. The Balaban J connectivity index is 2.26. The van der Waals surface area contributed by atoms with Gasteiger partial charge in [-0.1, -0.05) is 39.8 Å². The summed E-state index contributed by atoms with van der Waals surface area (Å²) in [6, 6.07) is 12.3. The van der Waals surface area contributed by atoms with Gasteiger partial charge in [0.15, 0.2) is 5.60 Å². The molecule has 182 valence electrons. The zero-order valence-corrected chi connectivity index (χ0v) is 22.3. The lowest BCUT2D eigenvalue weighted by Crippen LogP contribution is -2.33. The lowest BCUT2D eigenvalue weighted by Gasteiger charge is -2.36. The van der Waals surface area contributed by atoms with E-state index in [1.54, 1.807) is 38.1 Å². The minimum absolute atomic E-state index is 0.00201. The Hall–Kier alpha value is -3.12. The highest BCUT2D eigenvalue weighted by Crippen LogP contribution is 2.53. The van der Waals surface area contributed by atoms with Gasteiger partial charge >= 0.3 is 5.97 Å². The molecule has 0 spiro atoms. The predicted octanol–water partition coefficient (Wildman–Crippen LogP) is 6.96. The van der Waals surface area contributed by atoms with Crippen LogP contribution in [0.15, 0.2) is 42.5 Å². The molecular formula is C29H29BrO5. The zero-order valence-electron chi connectivity index (χ0n) is 20.7. The fraction of sp³-hybridized carbons (Fsp3) is 0.310. The SMILES string of the molecule is Cc1cc(C2(c3cc(C)c(O)cc3C(C)C)OC(=O)c3c(C(=O)Br)cccc32)c(C(C)C)cc1O. The number of aromatic hydroxyl groups is 2. The summed E-state index contributed by atoms with van der Waals surface area (Å²) in [6.07, 6.45) is 0. The third-order valence-corrected chi connectivity index (χ3v) is 7.27. The van der Waals surface area contributed by atoms with Crippen molar-refractivity contribution in [1.29, 1.82) is 0 Å². The van der Waals surface area contributed by atoms with E-state index in [0.717, 1.165) is 22.3 Å². The van der Waals surface area contributed by atoms with Crippen LogP contribution in [0.1, 0.15) is 99.2 Å². The summed E-state index contributed by atoms with van der Waals surface area (Å²) in [5.41, 5.74) is 4.02. The Morgan fingerprint density at radius 2 is 1.34 bits per heavy atom. The molecule has 0 aromatic heterocycles. The average molecular weight is 537 g/mol. The molecule has 1 aliphatic heterocycles. The summed E-state index contributed by atoms with van der Waals surface area (Å²) in [7, 11) is 0. The molecule has 0 saturated heterocycles. The van der Waals surface area contributed by atoms with Gasteiger partial charge in [-0.2, -0.15) is 0 Å².